The van der Waals surface area contributed by atoms with Gasteiger partial charge >= 0.3 is 12.1 Å². The number of ether oxygens (including phenoxy) is 6. The Balaban J connectivity index is 1.19. The fraction of sp³-hybridized carbons (Fsp3) is 0.600. The Morgan fingerprint density at radius 3 is 2.05 bits per heavy atom. The Morgan fingerprint density at radius 2 is 1.48 bits per heavy atom. The number of benzene rings is 2. The maximum atomic E-state index is 13.6. The maximum absolute atomic E-state index is 13.6. The van der Waals surface area contributed by atoms with E-state index >= 15 is 0 Å². The summed E-state index contributed by atoms with van der Waals surface area (Å²) in [6.07, 6.45) is 3.84. The van der Waals surface area contributed by atoms with Gasteiger partial charge in [-0.15, -0.1) is 0 Å². The molecule has 0 radical (unpaired) electrons. The highest BCUT2D eigenvalue weighted by molar-refractivity contribution is 5.82. The normalized spacial score (nSPS) is 28.1. The molecule has 0 saturated carbocycles. The topological polar surface area (TPSA) is 102 Å². The van der Waals surface area contributed by atoms with Crippen molar-refractivity contribution in [3.05, 3.63) is 59.7 Å². The number of carbonyl (C=O) groups excluding carboxylic acids is 2. The number of fused-ring (bicyclic) bond motifs is 4. The second-order valence-electron chi connectivity index (χ2n) is 13.4. The first kappa shape index (κ1) is 31.0. The second kappa shape index (κ2) is 12.4. The molecule has 2 aromatic carbocycles. The third-order valence-corrected chi connectivity index (χ3v) is 9.26. The van der Waals surface area contributed by atoms with Gasteiger partial charge in [-0.1, -0.05) is 55.5 Å². The van der Waals surface area contributed by atoms with Crippen molar-refractivity contribution < 1.29 is 38.0 Å². The van der Waals surface area contributed by atoms with Crippen LogP contribution in [0.25, 0.3) is 11.1 Å². The smallest absolute Gasteiger partial charge is 0.407 e. The summed E-state index contributed by atoms with van der Waals surface area (Å²) in [5.74, 6) is -3.21. The van der Waals surface area contributed by atoms with Gasteiger partial charge in [0.25, 0.3) is 0 Å². The van der Waals surface area contributed by atoms with E-state index in [1.165, 1.54) is 0 Å². The molecule has 3 fully saturated rings. The van der Waals surface area contributed by atoms with Crippen molar-refractivity contribution >= 4 is 12.1 Å². The molecule has 0 aromatic heterocycles. The van der Waals surface area contributed by atoms with E-state index in [4.69, 9.17) is 28.4 Å². The number of rotatable bonds is 6. The Kier molecular flexibility index (Phi) is 8.76. The highest BCUT2D eigenvalue weighted by Gasteiger charge is 2.62. The molecule has 6 rings (SSSR count). The Labute approximate surface area is 259 Å². The molecule has 2 spiro atoms. The average molecular weight is 608 g/mol. The molecule has 1 N–H and O–H groups in total. The zero-order chi connectivity index (χ0) is 31.0. The van der Waals surface area contributed by atoms with E-state index in [-0.39, 0.29) is 19.1 Å². The summed E-state index contributed by atoms with van der Waals surface area (Å²) in [5.41, 5.74) is 3.76. The van der Waals surface area contributed by atoms with E-state index in [1.807, 2.05) is 31.2 Å². The molecular formula is C35H45NO8. The van der Waals surface area contributed by atoms with Crippen molar-refractivity contribution in [2.45, 2.75) is 101 Å². The highest BCUT2D eigenvalue weighted by atomic mass is 16.8. The minimum Gasteiger partial charge on any atom is -0.458 e. The average Bonchev–Trinajstić information content (AvgIpc) is 3.33. The van der Waals surface area contributed by atoms with Crippen LogP contribution in [0, 0.1) is 5.92 Å². The molecule has 2 unspecified atom stereocenters. The number of carbonyl (C=O) groups is 2. The minimum absolute atomic E-state index is 0.101. The van der Waals surface area contributed by atoms with Crippen molar-refractivity contribution in [3.8, 4) is 11.1 Å². The van der Waals surface area contributed by atoms with E-state index in [0.29, 0.717) is 26.1 Å². The van der Waals surface area contributed by atoms with Crippen LogP contribution in [0.15, 0.2) is 48.5 Å². The first-order valence-corrected chi connectivity index (χ1v) is 16.1. The molecule has 1 amide bonds. The standard InChI is InChI=1S/C35H45NO8/c1-23(29-22-42-34(17-9-11-19-40-34)35(43-29)18-10-12-20-41-35)30(31(37)44-33(2,3)4)36-32(38)39-21-28-26-15-7-5-13-24(26)25-14-6-8-16-27(25)28/h5-8,13-16,23,28-30H,9-12,17-22H2,1-4H3,(H,36,38)/t23-,29-,30-,34?,35?/m0/s1. The fourth-order valence-corrected chi connectivity index (χ4v) is 7.05. The summed E-state index contributed by atoms with van der Waals surface area (Å²) >= 11 is 0. The van der Waals surface area contributed by atoms with Gasteiger partial charge in [-0.05, 0) is 68.7 Å². The van der Waals surface area contributed by atoms with Gasteiger partial charge in [-0.3, -0.25) is 0 Å². The summed E-state index contributed by atoms with van der Waals surface area (Å²) in [6, 6.07) is 15.3. The van der Waals surface area contributed by atoms with Crippen molar-refractivity contribution in [2.24, 2.45) is 5.92 Å². The summed E-state index contributed by atoms with van der Waals surface area (Å²) in [5, 5.41) is 2.83. The number of hydrogen-bond acceptors (Lipinski definition) is 8. The zero-order valence-corrected chi connectivity index (χ0v) is 26.3. The van der Waals surface area contributed by atoms with Gasteiger partial charge in [0.1, 0.15) is 18.2 Å². The van der Waals surface area contributed by atoms with Crippen LogP contribution in [0.4, 0.5) is 4.79 Å². The molecular weight excluding hydrogens is 562 g/mol. The number of nitrogens with one attached hydrogen (secondary N) is 1. The van der Waals surface area contributed by atoms with E-state index < -0.39 is 47.3 Å². The predicted octanol–water partition coefficient (Wildman–Crippen LogP) is 6.08. The summed E-state index contributed by atoms with van der Waals surface area (Å²) < 4.78 is 37.4. The van der Waals surface area contributed by atoms with Crippen LogP contribution in [0.5, 0.6) is 0 Å². The SMILES string of the molecule is C[C@@H]([C@@H]1COC2(CCCCO2)C2(CCCCO2)O1)[C@H](NC(=O)OCC1c2ccccc2-c2ccccc21)C(=O)OC(C)(C)C. The van der Waals surface area contributed by atoms with Crippen molar-refractivity contribution in [1.82, 2.24) is 5.32 Å². The van der Waals surface area contributed by atoms with Crippen molar-refractivity contribution in [1.29, 1.82) is 0 Å². The van der Waals surface area contributed by atoms with Gasteiger partial charge in [0, 0.05) is 24.7 Å². The Hall–Kier alpha value is -2.98. The van der Waals surface area contributed by atoms with Gasteiger partial charge in [0.2, 0.25) is 11.6 Å². The van der Waals surface area contributed by atoms with Gasteiger partial charge < -0.3 is 33.7 Å². The van der Waals surface area contributed by atoms with Crippen LogP contribution in [-0.4, -0.2) is 67.8 Å². The van der Waals surface area contributed by atoms with E-state index in [1.54, 1.807) is 20.8 Å². The zero-order valence-electron chi connectivity index (χ0n) is 26.3. The molecule has 9 nitrogen and oxygen atoms in total. The van der Waals surface area contributed by atoms with Gasteiger partial charge in [0.15, 0.2) is 0 Å². The molecule has 9 heteroatoms. The molecule has 4 aliphatic rings. The van der Waals surface area contributed by atoms with Crippen LogP contribution in [0.2, 0.25) is 0 Å². The van der Waals surface area contributed by atoms with Gasteiger partial charge in [-0.25, -0.2) is 9.59 Å². The minimum atomic E-state index is -1.06. The number of amides is 1. The summed E-state index contributed by atoms with van der Waals surface area (Å²) in [7, 11) is 0. The molecule has 0 bridgehead atoms. The molecule has 5 atom stereocenters. The van der Waals surface area contributed by atoms with Crippen LogP contribution in [-0.2, 0) is 33.2 Å². The largest absolute Gasteiger partial charge is 0.458 e. The molecule has 3 aliphatic heterocycles. The lowest BCUT2D eigenvalue weighted by Crippen LogP contribution is -2.69. The first-order valence-electron chi connectivity index (χ1n) is 16.1. The molecule has 2 aromatic rings. The third kappa shape index (κ3) is 5.99. The lowest BCUT2D eigenvalue weighted by Gasteiger charge is -2.56. The van der Waals surface area contributed by atoms with Crippen LogP contribution in [0.1, 0.15) is 83.3 Å². The van der Waals surface area contributed by atoms with Crippen LogP contribution < -0.4 is 5.32 Å². The second-order valence-corrected chi connectivity index (χ2v) is 13.4. The Bertz CT molecular complexity index is 1290. The van der Waals surface area contributed by atoms with Crippen molar-refractivity contribution in [3.63, 3.8) is 0 Å². The lowest BCUT2D eigenvalue weighted by atomic mass is 9.87. The monoisotopic (exact) mass is 607 g/mol. The fourth-order valence-electron chi connectivity index (χ4n) is 7.05. The quantitative estimate of drug-likeness (QED) is 0.395. The van der Waals surface area contributed by atoms with Crippen LogP contribution in [0.3, 0.4) is 0 Å². The predicted molar refractivity (Wildman–Crippen MR) is 163 cm³/mol. The number of hydrogen-bond donors (Lipinski definition) is 1. The highest BCUT2D eigenvalue weighted by Crippen LogP contribution is 2.49. The van der Waals surface area contributed by atoms with Gasteiger partial charge in [0.05, 0.1) is 25.9 Å². The van der Waals surface area contributed by atoms with E-state index in [9.17, 15) is 9.59 Å². The first-order chi connectivity index (χ1) is 21.1. The maximum Gasteiger partial charge on any atom is 0.407 e. The van der Waals surface area contributed by atoms with E-state index in [0.717, 1.165) is 47.9 Å². The molecule has 1 aliphatic carbocycles. The molecule has 44 heavy (non-hydrogen) atoms. The molecule has 3 saturated heterocycles. The summed E-state index contributed by atoms with van der Waals surface area (Å²) in [6.45, 7) is 8.72. The number of esters is 1. The third-order valence-electron chi connectivity index (χ3n) is 9.26. The number of alkyl carbamates (subject to hydrolysis) is 1. The van der Waals surface area contributed by atoms with Gasteiger partial charge in [-0.2, -0.15) is 0 Å². The van der Waals surface area contributed by atoms with Crippen molar-refractivity contribution in [2.75, 3.05) is 26.4 Å². The van der Waals surface area contributed by atoms with E-state index in [2.05, 4.69) is 29.6 Å². The Morgan fingerprint density at radius 1 is 0.886 bits per heavy atom. The summed E-state index contributed by atoms with van der Waals surface area (Å²) in [4.78, 5) is 27.0. The molecule has 3 heterocycles. The lowest BCUT2D eigenvalue weighted by molar-refractivity contribution is -0.469. The molecule has 238 valence electrons. The van der Waals surface area contributed by atoms with Crippen LogP contribution >= 0.6 is 0 Å².